The number of rotatable bonds is 10. The number of ether oxygens (including phenoxy) is 1. The van der Waals surface area contributed by atoms with E-state index in [2.05, 4.69) is 30.6 Å². The smallest absolute Gasteiger partial charge is 0.411 e. The number of nitrogens with one attached hydrogen (secondary N) is 2. The topological polar surface area (TPSA) is 158 Å². The lowest BCUT2D eigenvalue weighted by Gasteiger charge is -2.22. The van der Waals surface area contributed by atoms with E-state index in [0.29, 0.717) is 5.56 Å². The molecule has 230 valence electrons. The van der Waals surface area contributed by atoms with Gasteiger partial charge in [0.05, 0.1) is 24.8 Å². The van der Waals surface area contributed by atoms with E-state index in [9.17, 15) is 28.0 Å². The summed E-state index contributed by atoms with van der Waals surface area (Å²) in [6, 6.07) is 10.5. The molecule has 0 spiro atoms. The first-order valence-corrected chi connectivity index (χ1v) is 13.5. The Bertz CT molecular complexity index is 1750. The first kappa shape index (κ1) is 31.7. The minimum atomic E-state index is -1.22. The number of anilines is 1. The van der Waals surface area contributed by atoms with Gasteiger partial charge in [0.15, 0.2) is 0 Å². The number of hydrogen-bond acceptors (Lipinski definition) is 9. The molecule has 1 atom stereocenters. The highest BCUT2D eigenvalue weighted by Crippen LogP contribution is 2.33. The zero-order valence-corrected chi connectivity index (χ0v) is 24.6. The molecule has 0 saturated heterocycles. The van der Waals surface area contributed by atoms with Crippen LogP contribution in [0.2, 0.25) is 0 Å². The molecule has 2 aromatic carbocycles. The van der Waals surface area contributed by atoms with Gasteiger partial charge in [0.25, 0.3) is 11.4 Å². The van der Waals surface area contributed by atoms with Crippen molar-refractivity contribution in [3.8, 4) is 11.4 Å². The van der Waals surface area contributed by atoms with Crippen LogP contribution in [-0.4, -0.2) is 50.7 Å². The highest BCUT2D eigenvalue weighted by Gasteiger charge is 2.35. The van der Waals surface area contributed by atoms with Gasteiger partial charge < -0.3 is 14.5 Å². The largest absolute Gasteiger partial charge is 0.453 e. The maximum absolute atomic E-state index is 14.5. The van der Waals surface area contributed by atoms with E-state index in [1.54, 1.807) is 58.0 Å². The summed E-state index contributed by atoms with van der Waals surface area (Å²) in [5.74, 6) is -3.84. The molecular formula is C30H30F2N6O6. The van der Waals surface area contributed by atoms with Crippen molar-refractivity contribution in [1.82, 2.24) is 25.1 Å². The Labute approximate surface area is 250 Å². The molecule has 12 nitrogen and oxygen atoms in total. The van der Waals surface area contributed by atoms with Crippen LogP contribution in [0.5, 0.6) is 0 Å². The average molecular weight is 609 g/mol. The second-order valence-corrected chi connectivity index (χ2v) is 10.7. The number of benzene rings is 2. The molecule has 0 fully saturated rings. The van der Waals surface area contributed by atoms with Crippen LogP contribution in [0.1, 0.15) is 49.8 Å². The number of carbonyl (C=O) groups is 3. The predicted octanol–water partition coefficient (Wildman–Crippen LogP) is 4.10. The number of halogens is 2. The zero-order valence-electron chi connectivity index (χ0n) is 24.6. The third kappa shape index (κ3) is 6.69. The van der Waals surface area contributed by atoms with Gasteiger partial charge in [-0.2, -0.15) is 0 Å². The lowest BCUT2D eigenvalue weighted by Crippen LogP contribution is -2.46. The van der Waals surface area contributed by atoms with Gasteiger partial charge in [-0.3, -0.25) is 24.3 Å². The molecule has 4 rings (SSSR count). The van der Waals surface area contributed by atoms with E-state index in [1.807, 2.05) is 0 Å². The number of methoxy groups -OCH3 is 1. The van der Waals surface area contributed by atoms with E-state index in [-0.39, 0.29) is 23.0 Å². The molecule has 4 aromatic rings. The number of Topliss-reactive ketones (excluding diaryl/α,β-unsaturated/α-hetero) is 1. The molecule has 44 heavy (non-hydrogen) atoms. The van der Waals surface area contributed by atoms with Gasteiger partial charge in [-0.05, 0) is 25.8 Å². The fraction of sp³-hybridized carbons (Fsp3) is 0.300. The number of hydrogen-bond donors (Lipinski definition) is 2. The van der Waals surface area contributed by atoms with Crippen LogP contribution in [0.15, 0.2) is 63.9 Å². The van der Waals surface area contributed by atoms with Crippen LogP contribution in [0.4, 0.5) is 19.3 Å². The Morgan fingerprint density at radius 1 is 1.07 bits per heavy atom. The minimum Gasteiger partial charge on any atom is -0.453 e. The Morgan fingerprint density at radius 2 is 1.77 bits per heavy atom. The summed E-state index contributed by atoms with van der Waals surface area (Å²) in [7, 11) is 1.13. The second kappa shape index (κ2) is 12.9. The highest BCUT2D eigenvalue weighted by molar-refractivity contribution is 5.98. The summed E-state index contributed by atoms with van der Waals surface area (Å²) in [4.78, 5) is 56.1. The number of nitrogens with zero attached hydrogens (tertiary/aromatic N) is 4. The number of amides is 2. The van der Waals surface area contributed by atoms with Crippen molar-refractivity contribution in [3.63, 3.8) is 0 Å². The third-order valence-electron chi connectivity index (χ3n) is 6.84. The lowest BCUT2D eigenvalue weighted by atomic mass is 9.84. The maximum Gasteiger partial charge on any atom is 0.411 e. The Hall–Kier alpha value is -5.27. The van der Waals surface area contributed by atoms with Gasteiger partial charge in [-0.15, -0.1) is 10.2 Å². The van der Waals surface area contributed by atoms with E-state index in [1.165, 1.54) is 6.07 Å². The monoisotopic (exact) mass is 608 g/mol. The van der Waals surface area contributed by atoms with Crippen LogP contribution in [0.3, 0.4) is 0 Å². The summed E-state index contributed by atoms with van der Waals surface area (Å²) in [6.45, 7) is 5.96. The molecular weight excluding hydrogens is 578 g/mol. The summed E-state index contributed by atoms with van der Waals surface area (Å²) < 4.78 is 39.2. The molecule has 0 unspecified atom stereocenters. The van der Waals surface area contributed by atoms with Crippen molar-refractivity contribution < 1.29 is 32.3 Å². The van der Waals surface area contributed by atoms with Crippen molar-refractivity contribution in [1.29, 1.82) is 0 Å². The van der Waals surface area contributed by atoms with E-state index < -0.39 is 64.8 Å². The van der Waals surface area contributed by atoms with Gasteiger partial charge >= 0.3 is 6.09 Å². The standard InChI is InChI=1S/C30H30F2N6O6/c1-16(2)23(24(40)26-36-37-28(44-26)30(3,4)19-12-11-18(31)13-20(19)32)35-22(39)15-38-25(17-9-7-6-8-10-17)33-14-21(27(38)41)34-29(42)43-5/h6-14,16,23H,15H2,1-5H3,(H,34,42)(H,35,39)/t23-/m0/s1. The highest BCUT2D eigenvalue weighted by atomic mass is 19.1. The molecule has 2 heterocycles. The summed E-state index contributed by atoms with van der Waals surface area (Å²) in [6.07, 6.45) is 0.255. The fourth-order valence-corrected chi connectivity index (χ4v) is 4.42. The van der Waals surface area contributed by atoms with E-state index >= 15 is 0 Å². The van der Waals surface area contributed by atoms with Crippen molar-refractivity contribution >= 4 is 23.5 Å². The maximum atomic E-state index is 14.5. The van der Waals surface area contributed by atoms with Crippen molar-refractivity contribution in [3.05, 3.63) is 94.1 Å². The first-order chi connectivity index (χ1) is 20.8. The number of ketones is 1. The number of aromatic nitrogens is 4. The van der Waals surface area contributed by atoms with Crippen molar-refractivity contribution in [2.45, 2.75) is 45.7 Å². The van der Waals surface area contributed by atoms with E-state index in [4.69, 9.17) is 4.42 Å². The zero-order chi connectivity index (χ0) is 32.2. The van der Waals surface area contributed by atoms with Gasteiger partial charge in [-0.1, -0.05) is 50.2 Å². The molecule has 2 N–H and O–H groups in total. The summed E-state index contributed by atoms with van der Waals surface area (Å²) in [5.41, 5.74) is -1.57. The van der Waals surface area contributed by atoms with Crippen LogP contribution < -0.4 is 16.2 Å². The second-order valence-electron chi connectivity index (χ2n) is 10.7. The first-order valence-electron chi connectivity index (χ1n) is 13.5. The third-order valence-corrected chi connectivity index (χ3v) is 6.84. The molecule has 0 saturated carbocycles. The summed E-state index contributed by atoms with van der Waals surface area (Å²) in [5, 5.41) is 12.6. The predicted molar refractivity (Wildman–Crippen MR) is 154 cm³/mol. The lowest BCUT2D eigenvalue weighted by molar-refractivity contribution is -0.122. The Balaban J connectivity index is 1.60. The molecule has 14 heteroatoms. The SMILES string of the molecule is COC(=O)Nc1cnc(-c2ccccc2)n(CC(=O)N[C@H](C(=O)c2nnc(C(C)(C)c3ccc(F)cc3F)o2)C(C)C)c1=O. The summed E-state index contributed by atoms with van der Waals surface area (Å²) >= 11 is 0. The van der Waals surface area contributed by atoms with Gasteiger partial charge in [-0.25, -0.2) is 18.6 Å². The molecule has 0 bridgehead atoms. The molecule has 0 radical (unpaired) electrons. The Kier molecular flexibility index (Phi) is 9.31. The van der Waals surface area contributed by atoms with Crippen LogP contribution in [0, 0.1) is 17.6 Å². The molecule has 2 amide bonds. The minimum absolute atomic E-state index is 0.0763. The molecule has 0 aliphatic heterocycles. The van der Waals surface area contributed by atoms with Crippen LogP contribution in [0.25, 0.3) is 11.4 Å². The van der Waals surface area contributed by atoms with Crippen molar-refractivity contribution in [2.75, 3.05) is 12.4 Å². The molecule has 2 aromatic heterocycles. The van der Waals surface area contributed by atoms with Crippen molar-refractivity contribution in [2.24, 2.45) is 5.92 Å². The molecule has 0 aliphatic rings. The molecule has 0 aliphatic carbocycles. The number of carbonyl (C=O) groups excluding carboxylic acids is 3. The van der Waals surface area contributed by atoms with E-state index in [0.717, 1.165) is 30.0 Å². The normalized spacial score (nSPS) is 12.1. The van der Waals surface area contributed by atoms with Gasteiger partial charge in [0, 0.05) is 17.2 Å². The average Bonchev–Trinajstić information content (AvgIpc) is 3.49. The van der Waals surface area contributed by atoms with Crippen LogP contribution >= 0.6 is 0 Å². The quantitative estimate of drug-likeness (QED) is 0.253. The Morgan fingerprint density at radius 3 is 2.41 bits per heavy atom. The van der Waals surface area contributed by atoms with Gasteiger partial charge in [0.2, 0.25) is 17.6 Å². The fourth-order valence-electron chi connectivity index (χ4n) is 4.42. The van der Waals surface area contributed by atoms with Crippen LogP contribution in [-0.2, 0) is 21.5 Å². The van der Waals surface area contributed by atoms with Gasteiger partial charge in [0.1, 0.15) is 29.7 Å².